The maximum absolute atomic E-state index is 5.55. The van der Waals surface area contributed by atoms with E-state index >= 15 is 0 Å². The number of rotatable bonds is 6. The molecular formula is C24H28N4O2. The lowest BCUT2D eigenvalue weighted by Crippen LogP contribution is -2.16. The van der Waals surface area contributed by atoms with Crippen LogP contribution in [0.1, 0.15) is 59.6 Å². The van der Waals surface area contributed by atoms with Crippen molar-refractivity contribution in [2.75, 3.05) is 13.2 Å². The van der Waals surface area contributed by atoms with Crippen molar-refractivity contribution in [2.24, 2.45) is 10.3 Å². The molecule has 0 aliphatic heterocycles. The van der Waals surface area contributed by atoms with Crippen LogP contribution < -0.4 is 0 Å². The van der Waals surface area contributed by atoms with E-state index in [2.05, 4.69) is 39.0 Å². The van der Waals surface area contributed by atoms with Crippen LogP contribution in [-0.2, 0) is 22.5 Å². The van der Waals surface area contributed by atoms with Gasteiger partial charge in [0.2, 0.25) is 0 Å². The molecule has 0 spiro atoms. The van der Waals surface area contributed by atoms with Gasteiger partial charge in [0, 0.05) is 17.0 Å². The van der Waals surface area contributed by atoms with Crippen molar-refractivity contribution in [1.82, 2.24) is 9.97 Å². The van der Waals surface area contributed by atoms with Crippen molar-refractivity contribution in [3.05, 3.63) is 70.3 Å². The smallest absolute Gasteiger partial charge is 0.141 e. The zero-order valence-corrected chi connectivity index (χ0v) is 17.8. The molecule has 156 valence electrons. The summed E-state index contributed by atoms with van der Waals surface area (Å²) in [6.07, 6.45) is 5.98. The zero-order chi connectivity index (χ0) is 20.9. The predicted octanol–water partition coefficient (Wildman–Crippen LogP) is 4.46. The summed E-state index contributed by atoms with van der Waals surface area (Å²) in [5, 5.41) is 8.67. The molecule has 0 bridgehead atoms. The minimum Gasteiger partial charge on any atom is -0.391 e. The Bertz CT molecular complexity index is 931. The minimum atomic E-state index is 0.295. The van der Waals surface area contributed by atoms with Crippen molar-refractivity contribution in [2.45, 2.75) is 52.4 Å². The number of hydrogen-bond acceptors (Lipinski definition) is 6. The Labute approximate surface area is 177 Å². The second kappa shape index (κ2) is 9.20. The van der Waals surface area contributed by atoms with Crippen LogP contribution in [0.4, 0.5) is 0 Å². The molecule has 0 unspecified atom stereocenters. The molecule has 0 N–H and O–H groups in total. The molecule has 0 fully saturated rings. The summed E-state index contributed by atoms with van der Waals surface area (Å²) >= 11 is 0. The normalized spacial score (nSPS) is 18.1. The van der Waals surface area contributed by atoms with Gasteiger partial charge in [-0.2, -0.15) is 0 Å². The third-order valence-electron chi connectivity index (χ3n) is 5.39. The fourth-order valence-corrected chi connectivity index (χ4v) is 3.83. The molecule has 2 aromatic heterocycles. The lowest BCUT2D eigenvalue weighted by Gasteiger charge is -2.17. The summed E-state index contributed by atoms with van der Waals surface area (Å²) in [7, 11) is 0. The van der Waals surface area contributed by atoms with E-state index in [1.54, 1.807) is 0 Å². The molecule has 0 atom stereocenters. The van der Waals surface area contributed by atoms with Gasteiger partial charge < -0.3 is 9.68 Å². The number of oxime groups is 2. The van der Waals surface area contributed by atoms with Gasteiger partial charge in [-0.25, -0.2) is 0 Å². The molecule has 0 aromatic carbocycles. The van der Waals surface area contributed by atoms with Crippen LogP contribution in [0.25, 0.3) is 0 Å². The van der Waals surface area contributed by atoms with E-state index in [0.717, 1.165) is 78.3 Å². The average molecular weight is 405 g/mol. The number of hydrogen-bond donors (Lipinski definition) is 0. The van der Waals surface area contributed by atoms with Crippen molar-refractivity contribution in [1.29, 1.82) is 0 Å². The third kappa shape index (κ3) is 4.75. The number of aromatic nitrogens is 2. The second-order valence-corrected chi connectivity index (χ2v) is 8.00. The molecule has 2 heterocycles. The van der Waals surface area contributed by atoms with E-state index in [1.165, 1.54) is 11.1 Å². The van der Waals surface area contributed by atoms with E-state index in [9.17, 15) is 0 Å². The summed E-state index contributed by atoms with van der Waals surface area (Å²) < 4.78 is 0. The standard InChI is InChI=1S/C24H28N4O2/c1-16(14-29-27-21-8-4-6-19-12-10-17(2)25-23(19)21)15-30-28-22-9-5-7-20-13-11-18(3)26-24(20)22/h10-13H,1,4-9,14-15H2,2-3H3/b27-21+,28-22+. The highest BCUT2D eigenvalue weighted by atomic mass is 16.6. The first-order valence-corrected chi connectivity index (χ1v) is 10.6. The first-order valence-electron chi connectivity index (χ1n) is 10.6. The largest absolute Gasteiger partial charge is 0.391 e. The van der Waals surface area contributed by atoms with Crippen LogP contribution in [0.5, 0.6) is 0 Å². The van der Waals surface area contributed by atoms with Crippen LogP contribution in [-0.4, -0.2) is 34.6 Å². The molecule has 0 radical (unpaired) electrons. The molecule has 6 heteroatoms. The topological polar surface area (TPSA) is 69.0 Å². The van der Waals surface area contributed by atoms with Gasteiger partial charge in [-0.3, -0.25) is 9.97 Å². The molecule has 0 saturated heterocycles. The monoisotopic (exact) mass is 404 g/mol. The summed E-state index contributed by atoms with van der Waals surface area (Å²) in [5.41, 5.74) is 9.01. The van der Waals surface area contributed by atoms with Crippen molar-refractivity contribution >= 4 is 11.4 Å². The van der Waals surface area contributed by atoms with Crippen molar-refractivity contribution in [3.63, 3.8) is 0 Å². The highest BCUT2D eigenvalue weighted by molar-refractivity contribution is 6.01. The van der Waals surface area contributed by atoms with Gasteiger partial charge in [0.15, 0.2) is 0 Å². The third-order valence-corrected chi connectivity index (χ3v) is 5.39. The van der Waals surface area contributed by atoms with Crippen molar-refractivity contribution < 1.29 is 9.68 Å². The highest BCUT2D eigenvalue weighted by Crippen LogP contribution is 2.22. The van der Waals surface area contributed by atoms with E-state index < -0.39 is 0 Å². The van der Waals surface area contributed by atoms with E-state index in [4.69, 9.17) is 9.68 Å². The molecule has 2 aliphatic carbocycles. The quantitative estimate of drug-likeness (QED) is 0.526. The van der Waals surface area contributed by atoms with Gasteiger partial charge >= 0.3 is 0 Å². The van der Waals surface area contributed by atoms with Crippen LogP contribution >= 0.6 is 0 Å². The first kappa shape index (κ1) is 20.3. The van der Waals surface area contributed by atoms with Gasteiger partial charge in [0.1, 0.15) is 24.6 Å². The van der Waals surface area contributed by atoms with Crippen LogP contribution in [0, 0.1) is 13.8 Å². The summed E-state index contributed by atoms with van der Waals surface area (Å²) in [6.45, 7) is 8.60. The Hall–Kier alpha value is -3.02. The van der Waals surface area contributed by atoms with Crippen LogP contribution in [0.2, 0.25) is 0 Å². The average Bonchev–Trinajstić information content (AvgIpc) is 2.74. The Morgan fingerprint density at radius 1 is 0.800 bits per heavy atom. The molecule has 0 saturated carbocycles. The lowest BCUT2D eigenvalue weighted by atomic mass is 9.94. The Kier molecular flexibility index (Phi) is 6.21. The Morgan fingerprint density at radius 3 is 1.73 bits per heavy atom. The van der Waals surface area contributed by atoms with Gasteiger partial charge in [-0.1, -0.05) is 29.0 Å². The summed E-state index contributed by atoms with van der Waals surface area (Å²) in [6, 6.07) is 8.37. The maximum Gasteiger partial charge on any atom is 0.141 e. The van der Waals surface area contributed by atoms with Crippen LogP contribution in [0.15, 0.2) is 46.7 Å². The highest BCUT2D eigenvalue weighted by Gasteiger charge is 2.19. The molecule has 6 nitrogen and oxygen atoms in total. The van der Waals surface area contributed by atoms with E-state index in [1.807, 2.05) is 26.0 Å². The first-order chi connectivity index (χ1) is 14.6. The number of pyridine rings is 2. The van der Waals surface area contributed by atoms with E-state index in [0.29, 0.717) is 13.2 Å². The fraction of sp³-hybridized carbons (Fsp3) is 0.417. The SMILES string of the molecule is C=C(CO/N=C1\CCCc2ccc(C)nc21)CO/N=C1\CCCc2ccc(C)nc21. The van der Waals surface area contributed by atoms with Gasteiger partial charge in [0.05, 0.1) is 11.4 Å². The molecule has 2 aromatic rings. The molecule has 2 aliphatic rings. The van der Waals surface area contributed by atoms with Crippen LogP contribution in [0.3, 0.4) is 0 Å². The lowest BCUT2D eigenvalue weighted by molar-refractivity contribution is 0.128. The Balaban J connectivity index is 1.31. The van der Waals surface area contributed by atoms with E-state index in [-0.39, 0.29) is 0 Å². The fourth-order valence-electron chi connectivity index (χ4n) is 3.83. The second-order valence-electron chi connectivity index (χ2n) is 8.00. The molecule has 0 amide bonds. The maximum atomic E-state index is 5.55. The molecule has 30 heavy (non-hydrogen) atoms. The summed E-state index contributed by atoms with van der Waals surface area (Å²) in [5.74, 6) is 0. The number of aryl methyl sites for hydroxylation is 4. The Morgan fingerprint density at radius 2 is 1.27 bits per heavy atom. The van der Waals surface area contributed by atoms with Crippen molar-refractivity contribution in [3.8, 4) is 0 Å². The zero-order valence-electron chi connectivity index (χ0n) is 17.8. The predicted molar refractivity (Wildman–Crippen MR) is 118 cm³/mol. The molecule has 4 rings (SSSR count). The molecular weight excluding hydrogens is 376 g/mol. The van der Waals surface area contributed by atoms with Gasteiger partial charge in [-0.05, 0) is 75.6 Å². The van der Waals surface area contributed by atoms with Gasteiger partial charge in [-0.15, -0.1) is 0 Å². The summed E-state index contributed by atoms with van der Waals surface area (Å²) in [4.78, 5) is 20.4. The minimum absolute atomic E-state index is 0.295. The number of nitrogens with zero attached hydrogens (tertiary/aromatic N) is 4. The van der Waals surface area contributed by atoms with Gasteiger partial charge in [0.25, 0.3) is 0 Å². The number of fused-ring (bicyclic) bond motifs is 2.